The first-order valence-electron chi connectivity index (χ1n) is 10.0. The fourth-order valence-corrected chi connectivity index (χ4v) is 4.57. The van der Waals surface area contributed by atoms with Gasteiger partial charge in [-0.3, -0.25) is 4.79 Å². The zero-order chi connectivity index (χ0) is 20.7. The Labute approximate surface area is 176 Å². The van der Waals surface area contributed by atoms with E-state index >= 15 is 0 Å². The lowest BCUT2D eigenvalue weighted by Gasteiger charge is -2.34. The highest BCUT2D eigenvalue weighted by molar-refractivity contribution is 7.81. The van der Waals surface area contributed by atoms with Crippen LogP contribution in [0, 0.1) is 19.7 Å². The molecule has 2 aromatic carbocycles. The first kappa shape index (κ1) is 20.0. The second-order valence-corrected chi connectivity index (χ2v) is 8.47. The van der Waals surface area contributed by atoms with Crippen LogP contribution in [0.25, 0.3) is 0 Å². The highest BCUT2D eigenvalue weighted by Gasteiger charge is 2.37. The number of aryl methyl sites for hydroxylation is 2. The number of nitrogens with zero attached hydrogens (tertiary/aromatic N) is 3. The Morgan fingerprint density at radius 1 is 1.07 bits per heavy atom. The molecule has 0 saturated carbocycles. The SMILES string of the molecule is Cc1cc2c(cc1C)C(CC(=O)N1CCN(C)CC1)N(c1ccc(F)cc1)C2=S. The van der Waals surface area contributed by atoms with E-state index < -0.39 is 0 Å². The summed E-state index contributed by atoms with van der Waals surface area (Å²) in [6, 6.07) is 10.5. The molecule has 0 bridgehead atoms. The molecule has 0 radical (unpaired) electrons. The van der Waals surface area contributed by atoms with Crippen LogP contribution in [-0.4, -0.2) is 53.9 Å². The molecular weight excluding hydrogens is 385 g/mol. The number of carbonyl (C=O) groups excluding carboxylic acids is 1. The highest BCUT2D eigenvalue weighted by Crippen LogP contribution is 2.41. The molecule has 2 aromatic rings. The van der Waals surface area contributed by atoms with Crippen molar-refractivity contribution in [3.8, 4) is 0 Å². The normalized spacial score (nSPS) is 19.6. The lowest BCUT2D eigenvalue weighted by molar-refractivity contribution is -0.133. The molecule has 1 saturated heterocycles. The van der Waals surface area contributed by atoms with E-state index in [0.29, 0.717) is 11.4 Å². The Morgan fingerprint density at radius 2 is 1.69 bits per heavy atom. The molecule has 2 aliphatic rings. The van der Waals surface area contributed by atoms with E-state index in [1.54, 1.807) is 12.1 Å². The van der Waals surface area contributed by atoms with Gasteiger partial charge in [0, 0.05) is 37.4 Å². The van der Waals surface area contributed by atoms with E-state index in [1.165, 1.54) is 23.3 Å². The minimum Gasteiger partial charge on any atom is -0.340 e. The predicted octanol–water partition coefficient (Wildman–Crippen LogP) is 3.84. The van der Waals surface area contributed by atoms with E-state index in [1.807, 2.05) is 9.80 Å². The van der Waals surface area contributed by atoms with Gasteiger partial charge in [0.25, 0.3) is 0 Å². The molecule has 0 aromatic heterocycles. The van der Waals surface area contributed by atoms with Crippen LogP contribution in [0.3, 0.4) is 0 Å². The van der Waals surface area contributed by atoms with Gasteiger partial charge in [0.2, 0.25) is 5.91 Å². The maximum absolute atomic E-state index is 13.5. The summed E-state index contributed by atoms with van der Waals surface area (Å²) >= 11 is 5.82. The monoisotopic (exact) mass is 411 g/mol. The lowest BCUT2D eigenvalue weighted by atomic mass is 9.96. The summed E-state index contributed by atoms with van der Waals surface area (Å²) in [5, 5.41) is 0. The quantitative estimate of drug-likeness (QED) is 0.717. The van der Waals surface area contributed by atoms with Gasteiger partial charge in [0.15, 0.2) is 0 Å². The third kappa shape index (κ3) is 3.79. The van der Waals surface area contributed by atoms with Crippen molar-refractivity contribution in [1.29, 1.82) is 0 Å². The van der Waals surface area contributed by atoms with E-state index in [0.717, 1.165) is 43.0 Å². The molecular formula is C23H26FN3OS. The van der Waals surface area contributed by atoms with Crippen LogP contribution >= 0.6 is 12.2 Å². The zero-order valence-corrected chi connectivity index (χ0v) is 17.9. The third-order valence-electron chi connectivity index (χ3n) is 6.11. The molecule has 4 nitrogen and oxygen atoms in total. The number of rotatable bonds is 3. The highest BCUT2D eigenvalue weighted by atomic mass is 32.1. The summed E-state index contributed by atoms with van der Waals surface area (Å²) < 4.78 is 13.5. The average Bonchev–Trinajstić information content (AvgIpc) is 2.95. The van der Waals surface area contributed by atoms with Gasteiger partial charge in [0.05, 0.1) is 12.5 Å². The van der Waals surface area contributed by atoms with E-state index in [2.05, 4.69) is 37.9 Å². The number of carbonyl (C=O) groups is 1. The standard InChI is InChI=1S/C23H26FN3OS/c1-15-12-19-20(13-16(15)2)23(29)27(18-6-4-17(24)5-7-18)21(19)14-22(28)26-10-8-25(3)9-11-26/h4-7,12-13,21H,8-11,14H2,1-3H3. The molecule has 0 N–H and O–H groups in total. The van der Waals surface area contributed by atoms with Crippen LogP contribution in [0.4, 0.5) is 10.1 Å². The number of hydrogen-bond acceptors (Lipinski definition) is 3. The lowest BCUT2D eigenvalue weighted by Crippen LogP contribution is -2.47. The van der Waals surface area contributed by atoms with Gasteiger partial charge in [-0.05, 0) is 67.9 Å². The Hall–Kier alpha value is -2.31. The maximum atomic E-state index is 13.5. The number of halogens is 1. The summed E-state index contributed by atoms with van der Waals surface area (Å²) in [7, 11) is 2.08. The van der Waals surface area contributed by atoms with Crippen LogP contribution in [0.1, 0.15) is 34.7 Å². The summed E-state index contributed by atoms with van der Waals surface area (Å²) in [4.78, 5) is 20.0. The van der Waals surface area contributed by atoms with Crippen molar-refractivity contribution in [2.45, 2.75) is 26.3 Å². The van der Waals surface area contributed by atoms with Gasteiger partial charge in [-0.2, -0.15) is 0 Å². The molecule has 1 fully saturated rings. The fraction of sp³-hybridized carbons (Fsp3) is 0.391. The Balaban J connectivity index is 1.69. The van der Waals surface area contributed by atoms with Gasteiger partial charge in [0.1, 0.15) is 10.8 Å². The van der Waals surface area contributed by atoms with Crippen LogP contribution in [0.2, 0.25) is 0 Å². The predicted molar refractivity (Wildman–Crippen MR) is 118 cm³/mol. The molecule has 0 aliphatic carbocycles. The molecule has 4 rings (SSSR count). The van der Waals surface area contributed by atoms with Gasteiger partial charge < -0.3 is 14.7 Å². The zero-order valence-electron chi connectivity index (χ0n) is 17.1. The van der Waals surface area contributed by atoms with E-state index in [-0.39, 0.29) is 17.8 Å². The molecule has 0 spiro atoms. The minimum absolute atomic E-state index is 0.143. The number of anilines is 1. The number of benzene rings is 2. The van der Waals surface area contributed by atoms with Crippen LogP contribution in [-0.2, 0) is 4.79 Å². The second kappa shape index (κ2) is 7.84. The number of hydrogen-bond donors (Lipinski definition) is 0. The van der Waals surface area contributed by atoms with Crippen molar-refractivity contribution in [3.63, 3.8) is 0 Å². The number of likely N-dealkylation sites (N-methyl/N-ethyl adjacent to an activating group) is 1. The molecule has 6 heteroatoms. The first-order chi connectivity index (χ1) is 13.8. The molecule has 152 valence electrons. The molecule has 2 heterocycles. The van der Waals surface area contributed by atoms with Crippen molar-refractivity contribution in [2.75, 3.05) is 38.1 Å². The summed E-state index contributed by atoms with van der Waals surface area (Å²) in [6.07, 6.45) is 0.358. The van der Waals surface area contributed by atoms with Crippen LogP contribution < -0.4 is 4.90 Å². The molecule has 2 aliphatic heterocycles. The fourth-order valence-electron chi connectivity index (χ4n) is 4.16. The van der Waals surface area contributed by atoms with Crippen molar-refractivity contribution in [3.05, 3.63) is 64.5 Å². The smallest absolute Gasteiger partial charge is 0.225 e. The van der Waals surface area contributed by atoms with E-state index in [9.17, 15) is 9.18 Å². The first-order valence-corrected chi connectivity index (χ1v) is 10.4. The van der Waals surface area contributed by atoms with Gasteiger partial charge in [-0.25, -0.2) is 4.39 Å². The molecule has 1 unspecified atom stereocenters. The second-order valence-electron chi connectivity index (χ2n) is 8.08. The average molecular weight is 412 g/mol. The van der Waals surface area contributed by atoms with Crippen molar-refractivity contribution < 1.29 is 9.18 Å². The summed E-state index contributed by atoms with van der Waals surface area (Å²) in [6.45, 7) is 7.45. The molecule has 29 heavy (non-hydrogen) atoms. The van der Waals surface area contributed by atoms with Crippen LogP contribution in [0.15, 0.2) is 36.4 Å². The van der Waals surface area contributed by atoms with Gasteiger partial charge in [-0.1, -0.05) is 18.3 Å². The minimum atomic E-state index is -0.284. The molecule has 1 amide bonds. The van der Waals surface area contributed by atoms with Crippen LogP contribution in [0.5, 0.6) is 0 Å². The largest absolute Gasteiger partial charge is 0.340 e. The Morgan fingerprint density at radius 3 is 2.34 bits per heavy atom. The van der Waals surface area contributed by atoms with Gasteiger partial charge >= 0.3 is 0 Å². The Kier molecular flexibility index (Phi) is 5.40. The van der Waals surface area contributed by atoms with E-state index in [4.69, 9.17) is 12.2 Å². The maximum Gasteiger partial charge on any atom is 0.225 e. The van der Waals surface area contributed by atoms with Gasteiger partial charge in [-0.15, -0.1) is 0 Å². The molecule has 1 atom stereocenters. The Bertz CT molecular complexity index is 951. The topological polar surface area (TPSA) is 26.8 Å². The summed E-state index contributed by atoms with van der Waals surface area (Å²) in [5.41, 5.74) is 5.27. The third-order valence-corrected chi connectivity index (χ3v) is 6.53. The van der Waals surface area contributed by atoms with Crippen molar-refractivity contribution in [2.24, 2.45) is 0 Å². The van der Waals surface area contributed by atoms with Crippen molar-refractivity contribution in [1.82, 2.24) is 9.80 Å². The number of fused-ring (bicyclic) bond motifs is 1. The number of amides is 1. The number of thiocarbonyl (C=S) groups is 1. The number of piperazine rings is 1. The summed E-state index contributed by atoms with van der Waals surface area (Å²) in [5.74, 6) is -0.141. The van der Waals surface area contributed by atoms with Crippen molar-refractivity contribution >= 4 is 28.8 Å².